The molecule has 1 aromatic carbocycles. The third-order valence-corrected chi connectivity index (χ3v) is 2.67. The van der Waals surface area contributed by atoms with E-state index in [2.05, 4.69) is 26.2 Å². The summed E-state index contributed by atoms with van der Waals surface area (Å²) >= 11 is 3.23. The van der Waals surface area contributed by atoms with E-state index in [-0.39, 0.29) is 5.91 Å². The SMILES string of the molecule is N#Cc1ccc(C(=O)Nc2cccc(Br)n2)cc1. The van der Waals surface area contributed by atoms with E-state index in [1.54, 1.807) is 42.5 Å². The molecule has 1 heterocycles. The number of hydrogen-bond donors (Lipinski definition) is 1. The van der Waals surface area contributed by atoms with Gasteiger partial charge in [0.25, 0.3) is 5.91 Å². The van der Waals surface area contributed by atoms with Crippen LogP contribution in [0.4, 0.5) is 5.82 Å². The first-order valence-corrected chi connectivity index (χ1v) is 5.92. The van der Waals surface area contributed by atoms with Crippen molar-refractivity contribution in [3.63, 3.8) is 0 Å². The Morgan fingerprint density at radius 1 is 1.22 bits per heavy atom. The Bertz CT molecular complexity index is 617. The van der Waals surface area contributed by atoms with Gasteiger partial charge in [0.1, 0.15) is 10.4 Å². The zero-order chi connectivity index (χ0) is 13.0. The molecule has 0 radical (unpaired) electrons. The predicted molar refractivity (Wildman–Crippen MR) is 71.0 cm³/mol. The quantitative estimate of drug-likeness (QED) is 0.867. The summed E-state index contributed by atoms with van der Waals surface area (Å²) in [5.41, 5.74) is 1.00. The van der Waals surface area contributed by atoms with Gasteiger partial charge in [-0.05, 0) is 52.3 Å². The number of anilines is 1. The Morgan fingerprint density at radius 3 is 2.56 bits per heavy atom. The number of halogens is 1. The van der Waals surface area contributed by atoms with Crippen molar-refractivity contribution in [2.24, 2.45) is 0 Å². The molecule has 0 saturated heterocycles. The third-order valence-electron chi connectivity index (χ3n) is 2.23. The van der Waals surface area contributed by atoms with Crippen molar-refractivity contribution >= 4 is 27.7 Å². The van der Waals surface area contributed by atoms with Crippen LogP contribution in [0.2, 0.25) is 0 Å². The molecule has 4 nitrogen and oxygen atoms in total. The molecule has 0 aliphatic rings. The van der Waals surface area contributed by atoms with Crippen molar-refractivity contribution in [2.45, 2.75) is 0 Å². The zero-order valence-electron chi connectivity index (χ0n) is 9.22. The highest BCUT2D eigenvalue weighted by Crippen LogP contribution is 2.12. The second kappa shape index (κ2) is 5.43. The Hall–Kier alpha value is -2.19. The van der Waals surface area contributed by atoms with Gasteiger partial charge in [-0.25, -0.2) is 4.98 Å². The highest BCUT2D eigenvalue weighted by atomic mass is 79.9. The van der Waals surface area contributed by atoms with E-state index in [1.807, 2.05) is 6.07 Å². The van der Waals surface area contributed by atoms with E-state index in [1.165, 1.54) is 0 Å². The molecule has 0 aliphatic carbocycles. The van der Waals surface area contributed by atoms with E-state index < -0.39 is 0 Å². The molecule has 0 unspecified atom stereocenters. The van der Waals surface area contributed by atoms with Crippen LogP contribution in [0.5, 0.6) is 0 Å². The maximum absolute atomic E-state index is 11.9. The van der Waals surface area contributed by atoms with Crippen molar-refractivity contribution in [2.75, 3.05) is 5.32 Å². The van der Waals surface area contributed by atoms with Gasteiger partial charge in [0.2, 0.25) is 0 Å². The molecule has 18 heavy (non-hydrogen) atoms. The molecule has 88 valence electrons. The van der Waals surface area contributed by atoms with Gasteiger partial charge in [-0.3, -0.25) is 4.79 Å². The van der Waals surface area contributed by atoms with Crippen molar-refractivity contribution in [1.82, 2.24) is 4.98 Å². The van der Waals surface area contributed by atoms with Crippen molar-refractivity contribution in [3.8, 4) is 6.07 Å². The van der Waals surface area contributed by atoms with E-state index in [9.17, 15) is 4.79 Å². The van der Waals surface area contributed by atoms with E-state index >= 15 is 0 Å². The van der Waals surface area contributed by atoms with Gasteiger partial charge in [0.15, 0.2) is 0 Å². The minimum Gasteiger partial charge on any atom is -0.307 e. The van der Waals surface area contributed by atoms with Crippen molar-refractivity contribution < 1.29 is 4.79 Å². The average Bonchev–Trinajstić information content (AvgIpc) is 2.39. The lowest BCUT2D eigenvalue weighted by molar-refractivity contribution is 0.102. The van der Waals surface area contributed by atoms with E-state index in [0.717, 1.165) is 0 Å². The van der Waals surface area contributed by atoms with E-state index in [0.29, 0.717) is 21.5 Å². The molecule has 2 rings (SSSR count). The predicted octanol–water partition coefficient (Wildman–Crippen LogP) is 2.97. The van der Waals surface area contributed by atoms with Crippen molar-refractivity contribution in [1.29, 1.82) is 5.26 Å². The Labute approximate surface area is 112 Å². The zero-order valence-corrected chi connectivity index (χ0v) is 10.8. The molecular formula is C13H8BrN3O. The fraction of sp³-hybridized carbons (Fsp3) is 0. The number of nitrogens with one attached hydrogen (secondary N) is 1. The smallest absolute Gasteiger partial charge is 0.256 e. The Balaban J connectivity index is 2.14. The summed E-state index contributed by atoms with van der Waals surface area (Å²) in [6, 6.07) is 13.7. The van der Waals surface area contributed by atoms with Crippen LogP contribution in [0, 0.1) is 11.3 Å². The minimum atomic E-state index is -0.259. The molecule has 5 heteroatoms. The molecule has 0 aliphatic heterocycles. The monoisotopic (exact) mass is 301 g/mol. The lowest BCUT2D eigenvalue weighted by Crippen LogP contribution is -2.12. The van der Waals surface area contributed by atoms with Gasteiger partial charge >= 0.3 is 0 Å². The van der Waals surface area contributed by atoms with Gasteiger partial charge in [-0.2, -0.15) is 5.26 Å². The summed E-state index contributed by atoms with van der Waals surface area (Å²) < 4.78 is 0.653. The summed E-state index contributed by atoms with van der Waals surface area (Å²) in [5, 5.41) is 11.3. The molecule has 0 atom stereocenters. The first-order chi connectivity index (χ1) is 8.69. The van der Waals surface area contributed by atoms with Crippen LogP contribution < -0.4 is 5.32 Å². The summed E-state index contributed by atoms with van der Waals surface area (Å²) in [7, 11) is 0. The number of rotatable bonds is 2. The second-order valence-electron chi connectivity index (χ2n) is 3.49. The van der Waals surface area contributed by atoms with Gasteiger partial charge in [-0.15, -0.1) is 0 Å². The highest BCUT2D eigenvalue weighted by molar-refractivity contribution is 9.10. The number of amides is 1. The molecule has 0 fully saturated rings. The number of nitriles is 1. The molecule has 0 saturated carbocycles. The van der Waals surface area contributed by atoms with Crippen LogP contribution in [0.15, 0.2) is 47.1 Å². The normalized spacial score (nSPS) is 9.56. The van der Waals surface area contributed by atoms with Crippen LogP contribution >= 0.6 is 15.9 Å². The van der Waals surface area contributed by atoms with Crippen LogP contribution in [0.3, 0.4) is 0 Å². The summed E-state index contributed by atoms with van der Waals surface area (Å²) in [4.78, 5) is 16.0. The van der Waals surface area contributed by atoms with Crippen LogP contribution in [0.1, 0.15) is 15.9 Å². The maximum Gasteiger partial charge on any atom is 0.256 e. The van der Waals surface area contributed by atoms with Crippen molar-refractivity contribution in [3.05, 3.63) is 58.2 Å². The fourth-order valence-corrected chi connectivity index (χ4v) is 1.71. The Kier molecular flexibility index (Phi) is 3.70. The molecule has 1 N–H and O–H groups in total. The third kappa shape index (κ3) is 2.93. The van der Waals surface area contributed by atoms with Gasteiger partial charge in [0.05, 0.1) is 11.6 Å². The fourth-order valence-electron chi connectivity index (χ4n) is 1.36. The molecule has 1 aromatic heterocycles. The number of benzene rings is 1. The van der Waals surface area contributed by atoms with Gasteiger partial charge in [0, 0.05) is 5.56 Å². The van der Waals surface area contributed by atoms with E-state index in [4.69, 9.17) is 5.26 Å². The lowest BCUT2D eigenvalue weighted by atomic mass is 10.1. The number of aromatic nitrogens is 1. The first-order valence-electron chi connectivity index (χ1n) is 5.13. The largest absolute Gasteiger partial charge is 0.307 e. The number of nitrogens with zero attached hydrogens (tertiary/aromatic N) is 2. The molecule has 0 bridgehead atoms. The van der Waals surface area contributed by atoms with Gasteiger partial charge < -0.3 is 5.32 Å². The Morgan fingerprint density at radius 2 is 1.94 bits per heavy atom. The molecule has 0 spiro atoms. The maximum atomic E-state index is 11.9. The van der Waals surface area contributed by atoms with Crippen LogP contribution in [-0.2, 0) is 0 Å². The number of hydrogen-bond acceptors (Lipinski definition) is 3. The van der Waals surface area contributed by atoms with Crippen LogP contribution in [-0.4, -0.2) is 10.9 Å². The number of carbonyl (C=O) groups is 1. The topological polar surface area (TPSA) is 65.8 Å². The van der Waals surface area contributed by atoms with Gasteiger partial charge in [-0.1, -0.05) is 6.07 Å². The molecule has 2 aromatic rings. The molecule has 1 amide bonds. The number of carbonyl (C=O) groups excluding carboxylic acids is 1. The first kappa shape index (κ1) is 12.3. The summed E-state index contributed by atoms with van der Waals surface area (Å²) in [6.07, 6.45) is 0. The number of pyridine rings is 1. The second-order valence-corrected chi connectivity index (χ2v) is 4.30. The molecular weight excluding hydrogens is 294 g/mol. The van der Waals surface area contributed by atoms with Crippen LogP contribution in [0.25, 0.3) is 0 Å². The minimum absolute atomic E-state index is 0.259. The average molecular weight is 302 g/mol. The standard InChI is InChI=1S/C13H8BrN3O/c14-11-2-1-3-12(16-11)17-13(18)10-6-4-9(8-15)5-7-10/h1-7H,(H,16,17,18). The summed E-state index contributed by atoms with van der Waals surface area (Å²) in [6.45, 7) is 0. The highest BCUT2D eigenvalue weighted by Gasteiger charge is 2.06. The lowest BCUT2D eigenvalue weighted by Gasteiger charge is -2.04. The summed E-state index contributed by atoms with van der Waals surface area (Å²) in [5.74, 6) is 0.212.